The molecule has 0 aliphatic rings. The second-order valence-electron chi connectivity index (χ2n) is 7.27. The molecule has 0 atom stereocenters. The van der Waals surface area contributed by atoms with Crippen LogP contribution in [0.1, 0.15) is 22.8 Å². The summed E-state index contributed by atoms with van der Waals surface area (Å²) in [6.07, 6.45) is 0. The van der Waals surface area contributed by atoms with Gasteiger partial charge in [-0.1, -0.05) is 54.1 Å². The number of hydrogen-bond donors (Lipinski definition) is 0. The van der Waals surface area contributed by atoms with Gasteiger partial charge in [0.1, 0.15) is 12.3 Å². The first-order valence-corrected chi connectivity index (χ1v) is 10.8. The number of nitrogens with zero attached hydrogens (tertiary/aromatic N) is 2. The van der Waals surface area contributed by atoms with Gasteiger partial charge in [0.05, 0.1) is 23.6 Å². The Labute approximate surface area is 201 Å². The lowest BCUT2D eigenvalue weighted by molar-refractivity contribution is -0.384. The van der Waals surface area contributed by atoms with Crippen LogP contribution in [-0.2, 0) is 20.8 Å². The van der Waals surface area contributed by atoms with Gasteiger partial charge in [-0.05, 0) is 41.8 Å². The molecule has 0 bridgehead atoms. The SMILES string of the molecule is CCOC(=O)c1ccc([N+](=O)[O-])c(N(Cc2ccc(-c3ccccc3)cc2Cl)C(=O)COC)c1. The molecule has 9 heteroatoms. The van der Waals surface area contributed by atoms with E-state index in [1.807, 2.05) is 36.4 Å². The van der Waals surface area contributed by atoms with Crippen molar-refractivity contribution in [2.75, 3.05) is 25.2 Å². The molecule has 34 heavy (non-hydrogen) atoms. The van der Waals surface area contributed by atoms with Crippen molar-refractivity contribution >= 4 is 34.9 Å². The number of amides is 1. The highest BCUT2D eigenvalue weighted by Gasteiger charge is 2.27. The summed E-state index contributed by atoms with van der Waals surface area (Å²) in [5, 5.41) is 12.1. The number of methoxy groups -OCH3 is 1. The van der Waals surface area contributed by atoms with E-state index in [0.717, 1.165) is 11.1 Å². The predicted octanol–water partition coefficient (Wildman–Crippen LogP) is 5.27. The van der Waals surface area contributed by atoms with Gasteiger partial charge in [0.25, 0.3) is 11.6 Å². The lowest BCUT2D eigenvalue weighted by Crippen LogP contribution is -2.34. The van der Waals surface area contributed by atoms with E-state index in [1.54, 1.807) is 19.1 Å². The molecule has 0 fully saturated rings. The molecule has 1 amide bonds. The normalized spacial score (nSPS) is 10.6. The average Bonchev–Trinajstić information content (AvgIpc) is 2.83. The van der Waals surface area contributed by atoms with Crippen molar-refractivity contribution in [2.45, 2.75) is 13.5 Å². The number of esters is 1. The average molecular weight is 483 g/mol. The number of nitro benzene ring substituents is 1. The minimum absolute atomic E-state index is 0.0548. The highest BCUT2D eigenvalue weighted by molar-refractivity contribution is 6.31. The fourth-order valence-corrected chi connectivity index (χ4v) is 3.64. The maximum Gasteiger partial charge on any atom is 0.338 e. The zero-order valence-corrected chi connectivity index (χ0v) is 19.4. The molecule has 0 aliphatic heterocycles. The molecule has 8 nitrogen and oxygen atoms in total. The van der Waals surface area contributed by atoms with E-state index >= 15 is 0 Å². The summed E-state index contributed by atoms with van der Waals surface area (Å²) in [6.45, 7) is 1.41. The number of rotatable bonds is 9. The van der Waals surface area contributed by atoms with Crippen molar-refractivity contribution in [2.24, 2.45) is 0 Å². The third kappa shape index (κ3) is 5.78. The Balaban J connectivity index is 2.04. The number of carbonyl (C=O) groups excluding carboxylic acids is 2. The predicted molar refractivity (Wildman–Crippen MR) is 129 cm³/mol. The Hall–Kier alpha value is -3.75. The number of hydrogen-bond acceptors (Lipinski definition) is 6. The van der Waals surface area contributed by atoms with E-state index in [2.05, 4.69) is 0 Å². The van der Waals surface area contributed by atoms with E-state index < -0.39 is 16.8 Å². The molecule has 0 N–H and O–H groups in total. The quantitative estimate of drug-likeness (QED) is 0.234. The Morgan fingerprint density at radius 2 is 1.76 bits per heavy atom. The van der Waals surface area contributed by atoms with Crippen LogP contribution in [-0.4, -0.2) is 37.1 Å². The van der Waals surface area contributed by atoms with Crippen LogP contribution in [0.5, 0.6) is 0 Å². The molecular formula is C25H23ClN2O6. The van der Waals surface area contributed by atoms with Gasteiger partial charge in [-0.15, -0.1) is 0 Å². The molecule has 0 unspecified atom stereocenters. The Morgan fingerprint density at radius 1 is 1.03 bits per heavy atom. The summed E-state index contributed by atoms with van der Waals surface area (Å²) in [7, 11) is 1.35. The lowest BCUT2D eigenvalue weighted by atomic mass is 10.0. The number of anilines is 1. The van der Waals surface area contributed by atoms with Gasteiger partial charge in [0.2, 0.25) is 0 Å². The van der Waals surface area contributed by atoms with Crippen LogP contribution < -0.4 is 4.90 Å². The van der Waals surface area contributed by atoms with Crippen LogP contribution in [0.2, 0.25) is 5.02 Å². The molecule has 3 aromatic carbocycles. The summed E-state index contributed by atoms with van der Waals surface area (Å²) in [6, 6.07) is 18.8. The molecule has 0 saturated heterocycles. The van der Waals surface area contributed by atoms with Gasteiger partial charge in [-0.25, -0.2) is 4.79 Å². The van der Waals surface area contributed by atoms with Crippen LogP contribution in [0.25, 0.3) is 11.1 Å². The van der Waals surface area contributed by atoms with E-state index in [-0.39, 0.29) is 36.7 Å². The maximum atomic E-state index is 12.9. The van der Waals surface area contributed by atoms with Gasteiger partial charge in [0, 0.05) is 18.2 Å². The lowest BCUT2D eigenvalue weighted by Gasteiger charge is -2.24. The molecule has 0 radical (unpaired) electrons. The summed E-state index contributed by atoms with van der Waals surface area (Å²) in [5.74, 6) is -1.18. The number of benzene rings is 3. The molecular weight excluding hydrogens is 460 g/mol. The third-order valence-electron chi connectivity index (χ3n) is 5.03. The Kier molecular flexibility index (Phi) is 8.34. The second kappa shape index (κ2) is 11.4. The first-order chi connectivity index (χ1) is 16.3. The van der Waals surface area contributed by atoms with E-state index in [9.17, 15) is 19.7 Å². The van der Waals surface area contributed by atoms with Gasteiger partial charge in [0.15, 0.2) is 0 Å². The Bertz CT molecular complexity index is 1200. The molecule has 176 valence electrons. The van der Waals surface area contributed by atoms with Crippen molar-refractivity contribution in [3.05, 3.63) is 93.0 Å². The van der Waals surface area contributed by atoms with Gasteiger partial charge in [-0.2, -0.15) is 0 Å². The van der Waals surface area contributed by atoms with Gasteiger partial charge in [-0.3, -0.25) is 19.8 Å². The first kappa shape index (κ1) is 24.9. The van der Waals surface area contributed by atoms with Crippen LogP contribution in [0.3, 0.4) is 0 Å². The third-order valence-corrected chi connectivity index (χ3v) is 5.38. The highest BCUT2D eigenvalue weighted by atomic mass is 35.5. The standard InChI is InChI=1S/C25H23ClN2O6/c1-3-34-25(30)19-11-12-22(28(31)32)23(14-19)27(24(29)16-33-2)15-20-10-9-18(13-21(20)26)17-7-5-4-6-8-17/h4-14H,3,15-16H2,1-2H3. The molecule has 0 saturated carbocycles. The first-order valence-electron chi connectivity index (χ1n) is 10.4. The largest absolute Gasteiger partial charge is 0.462 e. The van der Waals surface area contributed by atoms with Crippen LogP contribution in [0, 0.1) is 10.1 Å². The molecule has 0 aliphatic carbocycles. The van der Waals surface area contributed by atoms with Crippen LogP contribution in [0.15, 0.2) is 66.7 Å². The van der Waals surface area contributed by atoms with E-state index in [4.69, 9.17) is 21.1 Å². The van der Waals surface area contributed by atoms with E-state index in [1.165, 1.54) is 30.2 Å². The van der Waals surface area contributed by atoms with Crippen molar-refractivity contribution in [1.82, 2.24) is 0 Å². The molecule has 0 spiro atoms. The van der Waals surface area contributed by atoms with Crippen LogP contribution >= 0.6 is 11.6 Å². The number of carbonyl (C=O) groups is 2. The second-order valence-corrected chi connectivity index (χ2v) is 7.67. The van der Waals surface area contributed by atoms with Gasteiger partial charge >= 0.3 is 5.97 Å². The smallest absolute Gasteiger partial charge is 0.338 e. The van der Waals surface area contributed by atoms with Gasteiger partial charge < -0.3 is 9.47 Å². The summed E-state index contributed by atoms with van der Waals surface area (Å²) < 4.78 is 9.99. The van der Waals surface area contributed by atoms with Crippen LogP contribution in [0.4, 0.5) is 11.4 Å². The Morgan fingerprint density at radius 3 is 2.38 bits per heavy atom. The number of nitro groups is 1. The van der Waals surface area contributed by atoms with Crippen molar-refractivity contribution in [3.63, 3.8) is 0 Å². The summed E-state index contributed by atoms with van der Waals surface area (Å²) in [4.78, 5) is 37.5. The van der Waals surface area contributed by atoms with Crippen molar-refractivity contribution in [3.8, 4) is 11.1 Å². The topological polar surface area (TPSA) is 99.0 Å². The zero-order chi connectivity index (χ0) is 24.7. The van der Waals surface area contributed by atoms with E-state index in [0.29, 0.717) is 10.6 Å². The molecule has 0 heterocycles. The fraction of sp³-hybridized carbons (Fsp3) is 0.200. The molecule has 3 rings (SSSR count). The molecule has 3 aromatic rings. The van der Waals surface area contributed by atoms with Crippen molar-refractivity contribution in [1.29, 1.82) is 0 Å². The summed E-state index contributed by atoms with van der Waals surface area (Å²) in [5.41, 5.74) is 2.13. The molecule has 0 aromatic heterocycles. The highest BCUT2D eigenvalue weighted by Crippen LogP contribution is 2.33. The minimum atomic E-state index is -0.650. The van der Waals surface area contributed by atoms with Crippen molar-refractivity contribution < 1.29 is 24.0 Å². The fourth-order valence-electron chi connectivity index (χ4n) is 3.40. The maximum absolute atomic E-state index is 12.9. The minimum Gasteiger partial charge on any atom is -0.462 e. The number of ether oxygens (including phenoxy) is 2. The number of halogens is 1. The monoisotopic (exact) mass is 482 g/mol. The zero-order valence-electron chi connectivity index (χ0n) is 18.7. The summed E-state index contributed by atoms with van der Waals surface area (Å²) >= 11 is 6.54.